The maximum Gasteiger partial charge on any atom is 0.436 e. The number of rotatable bonds is 4. The van der Waals surface area contributed by atoms with E-state index in [-0.39, 0.29) is 29.5 Å². The van der Waals surface area contributed by atoms with Gasteiger partial charge in [0.2, 0.25) is 0 Å². The molecule has 0 spiro atoms. The minimum atomic E-state index is -4.82. The lowest BCUT2D eigenvalue weighted by atomic mass is 10.1. The molecule has 1 fully saturated rings. The summed E-state index contributed by atoms with van der Waals surface area (Å²) >= 11 is 0. The second kappa shape index (κ2) is 8.84. The maximum atomic E-state index is 13.6. The number of hydrogen-bond acceptors (Lipinski definition) is 5. The minimum Gasteiger partial charge on any atom is -0.381 e. The normalized spacial score (nSPS) is 15.1. The third-order valence-electron chi connectivity index (χ3n) is 5.77. The van der Waals surface area contributed by atoms with Crippen LogP contribution in [0.5, 0.6) is 0 Å². The first-order valence-electron chi connectivity index (χ1n) is 10.8. The number of benzene rings is 1. The Labute approximate surface area is 194 Å². The van der Waals surface area contributed by atoms with E-state index in [2.05, 4.69) is 20.1 Å². The van der Waals surface area contributed by atoms with Crippen LogP contribution in [-0.2, 0) is 17.3 Å². The fourth-order valence-corrected chi connectivity index (χ4v) is 4.15. The highest BCUT2D eigenvalue weighted by Crippen LogP contribution is 2.34. The van der Waals surface area contributed by atoms with Crippen LogP contribution in [0.1, 0.15) is 36.0 Å². The molecule has 4 aromatic rings. The standard InChI is InChI=1S/C23H18F5N5O2/c24-14-8-13(9-15(25)10-14)17-2-1-12(11-29-17)7-18-30-21-19(22(34)31-18)20(23(26,27)28)32-33(21)16-3-5-35-6-4-16/h1-2,8-11,16H,3-7H2,(H,30,31,34). The quantitative estimate of drug-likeness (QED) is 0.427. The van der Waals surface area contributed by atoms with E-state index < -0.39 is 34.5 Å². The molecule has 12 heteroatoms. The Morgan fingerprint density at radius 2 is 1.80 bits per heavy atom. The number of aromatic amines is 1. The zero-order valence-electron chi connectivity index (χ0n) is 18.1. The minimum absolute atomic E-state index is 0.0658. The van der Waals surface area contributed by atoms with Crippen LogP contribution in [0, 0.1) is 11.6 Å². The topological polar surface area (TPSA) is 85.7 Å². The molecule has 1 saturated heterocycles. The molecule has 4 heterocycles. The SMILES string of the molecule is O=c1[nH]c(Cc2ccc(-c3cc(F)cc(F)c3)nc2)nc2c1c(C(F)(F)F)nn2C1CCOCC1. The van der Waals surface area contributed by atoms with Gasteiger partial charge in [0.15, 0.2) is 11.3 Å². The lowest BCUT2D eigenvalue weighted by molar-refractivity contribution is -0.140. The lowest BCUT2D eigenvalue weighted by Crippen LogP contribution is -2.21. The van der Waals surface area contributed by atoms with Crippen LogP contribution < -0.4 is 5.56 Å². The lowest BCUT2D eigenvalue weighted by Gasteiger charge is -2.22. The van der Waals surface area contributed by atoms with Crippen molar-refractivity contribution in [1.82, 2.24) is 24.7 Å². The Morgan fingerprint density at radius 1 is 1.09 bits per heavy atom. The number of aromatic nitrogens is 5. The predicted molar refractivity (Wildman–Crippen MR) is 115 cm³/mol. The van der Waals surface area contributed by atoms with Gasteiger partial charge >= 0.3 is 6.18 Å². The molecule has 1 aliphatic heterocycles. The van der Waals surface area contributed by atoms with Gasteiger partial charge in [0.1, 0.15) is 22.8 Å². The van der Waals surface area contributed by atoms with Crippen molar-refractivity contribution in [3.63, 3.8) is 0 Å². The van der Waals surface area contributed by atoms with Gasteiger partial charge in [-0.25, -0.2) is 18.4 Å². The number of fused-ring (bicyclic) bond motifs is 1. The molecule has 7 nitrogen and oxygen atoms in total. The number of halogens is 5. The highest BCUT2D eigenvalue weighted by atomic mass is 19.4. The molecule has 182 valence electrons. The summed E-state index contributed by atoms with van der Waals surface area (Å²) in [5.74, 6) is -1.34. The van der Waals surface area contributed by atoms with Crippen LogP contribution >= 0.6 is 0 Å². The summed E-state index contributed by atoms with van der Waals surface area (Å²) < 4.78 is 74.3. The summed E-state index contributed by atoms with van der Waals surface area (Å²) in [7, 11) is 0. The van der Waals surface area contributed by atoms with E-state index in [9.17, 15) is 26.7 Å². The smallest absolute Gasteiger partial charge is 0.381 e. The van der Waals surface area contributed by atoms with Crippen LogP contribution in [0.25, 0.3) is 22.3 Å². The number of nitrogens with one attached hydrogen (secondary N) is 1. The summed E-state index contributed by atoms with van der Waals surface area (Å²) in [6, 6.07) is 5.85. The monoisotopic (exact) mass is 491 g/mol. The van der Waals surface area contributed by atoms with Gasteiger partial charge in [-0.3, -0.25) is 9.78 Å². The van der Waals surface area contributed by atoms with E-state index in [1.165, 1.54) is 10.9 Å². The third-order valence-corrected chi connectivity index (χ3v) is 5.77. The highest BCUT2D eigenvalue weighted by Gasteiger charge is 2.39. The molecule has 1 aliphatic rings. The van der Waals surface area contributed by atoms with Crippen molar-refractivity contribution in [2.75, 3.05) is 13.2 Å². The second-order valence-corrected chi connectivity index (χ2v) is 8.23. The van der Waals surface area contributed by atoms with Crippen molar-refractivity contribution >= 4 is 11.0 Å². The van der Waals surface area contributed by atoms with Crippen LogP contribution in [0.3, 0.4) is 0 Å². The first kappa shape index (κ1) is 23.1. The summed E-state index contributed by atoms with van der Waals surface area (Å²) in [6.07, 6.45) is -2.41. The highest BCUT2D eigenvalue weighted by molar-refractivity contribution is 5.78. The first-order chi connectivity index (χ1) is 16.7. The molecule has 3 aromatic heterocycles. The van der Waals surface area contributed by atoms with Gasteiger partial charge in [0, 0.05) is 37.5 Å². The molecule has 1 N–H and O–H groups in total. The van der Waals surface area contributed by atoms with E-state index in [4.69, 9.17) is 4.74 Å². The average molecular weight is 491 g/mol. The Hall–Kier alpha value is -3.67. The number of alkyl halides is 3. The summed E-state index contributed by atoms with van der Waals surface area (Å²) in [6.45, 7) is 0.743. The predicted octanol–water partition coefficient (Wildman–Crippen LogP) is 4.42. The van der Waals surface area contributed by atoms with Crippen LogP contribution in [0.4, 0.5) is 22.0 Å². The van der Waals surface area contributed by atoms with E-state index >= 15 is 0 Å². The van der Waals surface area contributed by atoms with Gasteiger partial charge in [0.25, 0.3) is 5.56 Å². The van der Waals surface area contributed by atoms with Gasteiger partial charge in [0.05, 0.1) is 11.7 Å². The van der Waals surface area contributed by atoms with Crippen molar-refractivity contribution in [3.05, 3.63) is 75.6 Å². The van der Waals surface area contributed by atoms with Crippen molar-refractivity contribution < 1.29 is 26.7 Å². The van der Waals surface area contributed by atoms with E-state index in [0.29, 0.717) is 37.3 Å². The molecule has 0 bridgehead atoms. The van der Waals surface area contributed by atoms with Gasteiger partial charge < -0.3 is 9.72 Å². The molecule has 0 saturated carbocycles. The van der Waals surface area contributed by atoms with Crippen molar-refractivity contribution in [2.45, 2.75) is 31.5 Å². The molecule has 0 aliphatic carbocycles. The molecule has 0 atom stereocenters. The molecule has 0 radical (unpaired) electrons. The molecule has 35 heavy (non-hydrogen) atoms. The number of pyridine rings is 1. The largest absolute Gasteiger partial charge is 0.436 e. The number of hydrogen-bond donors (Lipinski definition) is 1. The van der Waals surface area contributed by atoms with E-state index in [1.54, 1.807) is 12.1 Å². The molecular weight excluding hydrogens is 473 g/mol. The summed E-state index contributed by atoms with van der Waals surface area (Å²) in [5, 5.41) is 3.13. The van der Waals surface area contributed by atoms with Gasteiger partial charge in [-0.15, -0.1) is 0 Å². The van der Waals surface area contributed by atoms with Gasteiger partial charge in [-0.05, 0) is 36.6 Å². The van der Waals surface area contributed by atoms with Crippen molar-refractivity contribution in [2.24, 2.45) is 0 Å². The van der Waals surface area contributed by atoms with Crippen molar-refractivity contribution in [1.29, 1.82) is 0 Å². The van der Waals surface area contributed by atoms with Crippen LogP contribution in [0.15, 0.2) is 41.3 Å². The van der Waals surface area contributed by atoms with Crippen LogP contribution in [-0.4, -0.2) is 37.9 Å². The molecule has 1 aromatic carbocycles. The first-order valence-corrected chi connectivity index (χ1v) is 10.8. The summed E-state index contributed by atoms with van der Waals surface area (Å²) in [4.78, 5) is 23.6. The average Bonchev–Trinajstić information content (AvgIpc) is 3.20. The summed E-state index contributed by atoms with van der Waals surface area (Å²) in [5.41, 5.74) is -1.18. The number of H-pyrrole nitrogens is 1. The fraction of sp³-hybridized carbons (Fsp3) is 0.304. The Bertz CT molecular complexity index is 1420. The second-order valence-electron chi connectivity index (χ2n) is 8.23. The van der Waals surface area contributed by atoms with Gasteiger partial charge in [-0.2, -0.15) is 18.3 Å². The Balaban J connectivity index is 1.50. The molecular formula is C23H18F5N5O2. The van der Waals surface area contributed by atoms with Crippen LogP contribution in [0.2, 0.25) is 0 Å². The van der Waals surface area contributed by atoms with Crippen molar-refractivity contribution in [3.8, 4) is 11.3 Å². The van der Waals surface area contributed by atoms with Gasteiger partial charge in [-0.1, -0.05) is 6.07 Å². The molecule has 0 amide bonds. The zero-order valence-corrected chi connectivity index (χ0v) is 18.1. The van der Waals surface area contributed by atoms with E-state index in [0.717, 1.165) is 18.2 Å². The number of nitrogens with zero attached hydrogens (tertiary/aromatic N) is 4. The maximum absolute atomic E-state index is 13.6. The fourth-order valence-electron chi connectivity index (χ4n) is 4.15. The Morgan fingerprint density at radius 3 is 2.43 bits per heavy atom. The third kappa shape index (κ3) is 4.65. The molecule has 5 rings (SSSR count). The van der Waals surface area contributed by atoms with E-state index in [1.807, 2.05) is 0 Å². The molecule has 0 unspecified atom stereocenters. The number of ether oxygens (including phenoxy) is 1. The Kier molecular flexibility index (Phi) is 5.83. The zero-order chi connectivity index (χ0) is 24.7.